The van der Waals surface area contributed by atoms with E-state index in [9.17, 15) is 4.79 Å². The molecule has 0 saturated heterocycles. The molecule has 27 heavy (non-hydrogen) atoms. The lowest BCUT2D eigenvalue weighted by atomic mass is 9.92. The minimum absolute atomic E-state index is 0.144. The van der Waals surface area contributed by atoms with Crippen LogP contribution in [0.3, 0.4) is 0 Å². The summed E-state index contributed by atoms with van der Waals surface area (Å²) in [5.74, 6) is 0.947. The number of fused-ring (bicyclic) bond motifs is 2. The van der Waals surface area contributed by atoms with Gasteiger partial charge in [-0.25, -0.2) is 4.98 Å². The van der Waals surface area contributed by atoms with Gasteiger partial charge in [-0.2, -0.15) is 4.98 Å². The molecule has 3 aliphatic rings. The molecule has 0 unspecified atom stereocenters. The Kier molecular flexibility index (Phi) is 4.48. The van der Waals surface area contributed by atoms with E-state index in [4.69, 9.17) is 16.0 Å². The molecular formula is C20H30ClN3O2Si. The van der Waals surface area contributed by atoms with Gasteiger partial charge < -0.3 is 4.43 Å². The highest BCUT2D eigenvalue weighted by atomic mass is 35.5. The number of hydrogen-bond acceptors (Lipinski definition) is 4. The molecule has 1 spiro atoms. The third kappa shape index (κ3) is 3.14. The molecule has 1 aromatic rings. The number of anilines is 1. The molecule has 7 heteroatoms. The largest absolute Gasteiger partial charge is 0.414 e. The number of carbonyl (C=O) groups is 1. The second kappa shape index (κ2) is 6.26. The minimum Gasteiger partial charge on any atom is -0.414 e. The van der Waals surface area contributed by atoms with Crippen LogP contribution in [0.4, 0.5) is 5.82 Å². The van der Waals surface area contributed by atoms with Crippen LogP contribution in [-0.2, 0) is 14.6 Å². The number of rotatable bonds is 3. The maximum atomic E-state index is 13.3. The molecule has 0 aromatic carbocycles. The van der Waals surface area contributed by atoms with Gasteiger partial charge in [0.05, 0.1) is 5.41 Å². The predicted octanol–water partition coefficient (Wildman–Crippen LogP) is 4.84. The lowest BCUT2D eigenvalue weighted by Crippen LogP contribution is -2.49. The second-order valence-electron chi connectivity index (χ2n) is 9.95. The van der Waals surface area contributed by atoms with Crippen molar-refractivity contribution in [1.82, 2.24) is 9.97 Å². The standard InChI is InChI=1S/C20H30ClN3O2Si/c1-19(2,3)27(4,5)26-14-8-6-7-13(11-14)24-16-15(12-22-18(21)23-16)20(9-10-20)17(24)25/h12-14H,6-11H2,1-5H3/t13-,14-/m1/s1. The molecule has 0 radical (unpaired) electrons. The molecule has 2 aliphatic carbocycles. The molecule has 2 atom stereocenters. The molecule has 148 valence electrons. The lowest BCUT2D eigenvalue weighted by molar-refractivity contribution is -0.120. The zero-order valence-electron chi connectivity index (χ0n) is 17.0. The molecule has 1 amide bonds. The van der Waals surface area contributed by atoms with Gasteiger partial charge in [0, 0.05) is 23.9 Å². The summed E-state index contributed by atoms with van der Waals surface area (Å²) in [6, 6.07) is 0.144. The van der Waals surface area contributed by atoms with Gasteiger partial charge in [0.2, 0.25) is 11.2 Å². The summed E-state index contributed by atoms with van der Waals surface area (Å²) in [7, 11) is -1.83. The van der Waals surface area contributed by atoms with E-state index in [1.54, 1.807) is 6.20 Å². The smallest absolute Gasteiger partial charge is 0.239 e. The van der Waals surface area contributed by atoms with Gasteiger partial charge in [-0.1, -0.05) is 20.8 Å². The number of carbonyl (C=O) groups excluding carboxylic acids is 1. The Hall–Kier alpha value is -0.983. The van der Waals surface area contributed by atoms with Crippen molar-refractivity contribution in [3.63, 3.8) is 0 Å². The highest BCUT2D eigenvalue weighted by Gasteiger charge is 2.61. The third-order valence-corrected chi connectivity index (χ3v) is 11.8. The highest BCUT2D eigenvalue weighted by molar-refractivity contribution is 6.74. The molecule has 2 fully saturated rings. The number of halogens is 1. The van der Waals surface area contributed by atoms with Crippen molar-refractivity contribution in [2.45, 2.75) is 95.0 Å². The zero-order chi connectivity index (χ0) is 19.6. The molecular weight excluding hydrogens is 378 g/mol. The molecule has 1 aromatic heterocycles. The topological polar surface area (TPSA) is 55.3 Å². The van der Waals surface area contributed by atoms with E-state index in [0.29, 0.717) is 0 Å². The maximum absolute atomic E-state index is 13.3. The third-order valence-electron chi connectivity index (χ3n) is 7.09. The summed E-state index contributed by atoms with van der Waals surface area (Å²) in [5, 5.41) is 0.406. The molecule has 1 aliphatic heterocycles. The van der Waals surface area contributed by atoms with E-state index in [1.807, 2.05) is 4.90 Å². The maximum Gasteiger partial charge on any atom is 0.239 e. The Morgan fingerprint density at radius 1 is 1.30 bits per heavy atom. The lowest BCUT2D eigenvalue weighted by Gasteiger charge is -2.43. The van der Waals surface area contributed by atoms with Crippen LogP contribution in [0.15, 0.2) is 6.20 Å². The Bertz CT molecular complexity index is 773. The molecule has 0 bridgehead atoms. The van der Waals surface area contributed by atoms with Crippen molar-refractivity contribution in [1.29, 1.82) is 0 Å². The highest BCUT2D eigenvalue weighted by Crippen LogP contribution is 2.57. The number of aromatic nitrogens is 2. The Morgan fingerprint density at radius 2 is 2.00 bits per heavy atom. The van der Waals surface area contributed by atoms with Gasteiger partial charge in [-0.3, -0.25) is 9.69 Å². The molecule has 2 saturated carbocycles. The van der Waals surface area contributed by atoms with Crippen LogP contribution < -0.4 is 4.90 Å². The first-order valence-electron chi connectivity index (χ1n) is 10.1. The predicted molar refractivity (Wildman–Crippen MR) is 110 cm³/mol. The van der Waals surface area contributed by atoms with Crippen LogP contribution in [0.1, 0.15) is 64.9 Å². The second-order valence-corrected chi connectivity index (χ2v) is 15.0. The van der Waals surface area contributed by atoms with Gasteiger partial charge in [0.25, 0.3) is 0 Å². The fraction of sp³-hybridized carbons (Fsp3) is 0.750. The summed E-state index contributed by atoms with van der Waals surface area (Å²) in [6.07, 6.45) is 7.82. The van der Waals surface area contributed by atoms with Gasteiger partial charge in [-0.15, -0.1) is 0 Å². The van der Waals surface area contributed by atoms with E-state index >= 15 is 0 Å². The van der Waals surface area contributed by atoms with E-state index in [2.05, 4.69) is 43.8 Å². The zero-order valence-corrected chi connectivity index (χ0v) is 18.8. The summed E-state index contributed by atoms with van der Waals surface area (Å²) < 4.78 is 6.69. The Balaban J connectivity index is 1.57. The summed E-state index contributed by atoms with van der Waals surface area (Å²) in [4.78, 5) is 23.8. The van der Waals surface area contributed by atoms with Crippen LogP contribution in [0.25, 0.3) is 0 Å². The van der Waals surface area contributed by atoms with Crippen molar-refractivity contribution in [2.75, 3.05) is 4.90 Å². The average Bonchev–Trinajstić information content (AvgIpc) is 3.31. The van der Waals surface area contributed by atoms with Crippen molar-refractivity contribution < 1.29 is 9.22 Å². The van der Waals surface area contributed by atoms with E-state index in [1.165, 1.54) is 0 Å². The van der Waals surface area contributed by atoms with Crippen molar-refractivity contribution in [2.24, 2.45) is 0 Å². The van der Waals surface area contributed by atoms with Gasteiger partial charge in [0.15, 0.2) is 8.32 Å². The van der Waals surface area contributed by atoms with Crippen LogP contribution >= 0.6 is 11.6 Å². The van der Waals surface area contributed by atoms with Gasteiger partial charge in [0.1, 0.15) is 5.82 Å². The summed E-state index contributed by atoms with van der Waals surface area (Å²) in [5.41, 5.74) is 0.608. The fourth-order valence-electron chi connectivity index (χ4n) is 4.32. The van der Waals surface area contributed by atoms with E-state index in [-0.39, 0.29) is 33.8 Å². The Morgan fingerprint density at radius 3 is 2.63 bits per heavy atom. The molecule has 4 rings (SSSR count). The number of hydrogen-bond donors (Lipinski definition) is 0. The average molecular weight is 408 g/mol. The monoisotopic (exact) mass is 407 g/mol. The fourth-order valence-corrected chi connectivity index (χ4v) is 5.85. The van der Waals surface area contributed by atoms with Gasteiger partial charge >= 0.3 is 0 Å². The van der Waals surface area contributed by atoms with Crippen molar-refractivity contribution in [3.8, 4) is 0 Å². The quantitative estimate of drug-likeness (QED) is 0.531. The molecule has 5 nitrogen and oxygen atoms in total. The summed E-state index contributed by atoms with van der Waals surface area (Å²) >= 11 is 6.08. The normalized spacial score (nSPS) is 27.2. The van der Waals surface area contributed by atoms with Gasteiger partial charge in [-0.05, 0) is 68.3 Å². The van der Waals surface area contributed by atoms with Crippen LogP contribution in [-0.4, -0.2) is 36.3 Å². The van der Waals surface area contributed by atoms with E-state index in [0.717, 1.165) is 49.9 Å². The first-order valence-corrected chi connectivity index (χ1v) is 13.4. The molecule has 2 heterocycles. The van der Waals surface area contributed by atoms with Crippen molar-refractivity contribution in [3.05, 3.63) is 17.0 Å². The number of amides is 1. The minimum atomic E-state index is -1.83. The van der Waals surface area contributed by atoms with Crippen LogP contribution in [0.5, 0.6) is 0 Å². The first kappa shape index (κ1) is 19.3. The van der Waals surface area contributed by atoms with Crippen LogP contribution in [0.2, 0.25) is 23.4 Å². The SMILES string of the molecule is CC(C)(C)[Si](C)(C)O[C@@H]1CCC[C@@H](N2C(=O)C3(CC3)c3cnc(Cl)nc32)C1. The van der Waals surface area contributed by atoms with E-state index < -0.39 is 8.32 Å². The summed E-state index contributed by atoms with van der Waals surface area (Å²) in [6.45, 7) is 11.4. The van der Waals surface area contributed by atoms with Crippen molar-refractivity contribution >= 4 is 31.6 Å². The first-order chi connectivity index (χ1) is 12.6. The van der Waals surface area contributed by atoms with Crippen LogP contribution in [0, 0.1) is 0 Å². The molecule has 0 N–H and O–H groups in total. The number of nitrogens with zero attached hydrogens (tertiary/aromatic N) is 3. The Labute approximate surface area is 168 Å².